The molecule has 3 rings (SSSR count). The normalized spacial score (nSPS) is 19.4. The number of aromatic nitrogens is 4. The van der Waals surface area contributed by atoms with Gasteiger partial charge < -0.3 is 4.90 Å². The van der Waals surface area contributed by atoms with Crippen LogP contribution in [0.25, 0.3) is 0 Å². The van der Waals surface area contributed by atoms with Gasteiger partial charge in [0, 0.05) is 63.0 Å². The summed E-state index contributed by atoms with van der Waals surface area (Å²) in [5, 5.41) is 7.11. The van der Waals surface area contributed by atoms with Crippen LogP contribution in [0.3, 0.4) is 0 Å². The number of H-pyrrole nitrogens is 1. The van der Waals surface area contributed by atoms with Gasteiger partial charge in [0.25, 0.3) is 0 Å². The Morgan fingerprint density at radius 2 is 2.15 bits per heavy atom. The summed E-state index contributed by atoms with van der Waals surface area (Å²) in [6.45, 7) is 3.09. The summed E-state index contributed by atoms with van der Waals surface area (Å²) >= 11 is 0. The van der Waals surface area contributed by atoms with Crippen LogP contribution in [0.2, 0.25) is 0 Å². The van der Waals surface area contributed by atoms with Crippen molar-refractivity contribution in [1.82, 2.24) is 25.1 Å². The molecule has 20 heavy (non-hydrogen) atoms. The van der Waals surface area contributed by atoms with Gasteiger partial charge in [0.05, 0.1) is 0 Å². The minimum atomic E-state index is 0.569. The van der Waals surface area contributed by atoms with Crippen molar-refractivity contribution in [2.75, 3.05) is 32.1 Å². The van der Waals surface area contributed by atoms with Gasteiger partial charge in [0.1, 0.15) is 0 Å². The van der Waals surface area contributed by atoms with E-state index in [2.05, 4.69) is 31.1 Å². The molecule has 1 atom stereocenters. The average molecular weight is 272 g/mol. The molecule has 0 aliphatic carbocycles. The molecule has 3 heterocycles. The molecule has 2 aromatic heterocycles. The van der Waals surface area contributed by atoms with Crippen LogP contribution in [0.5, 0.6) is 0 Å². The first-order valence-electron chi connectivity index (χ1n) is 6.92. The molecule has 0 aromatic carbocycles. The smallest absolute Gasteiger partial charge is 0.224 e. The minimum Gasteiger partial charge on any atom is -0.347 e. The van der Waals surface area contributed by atoms with Gasteiger partial charge in [0.15, 0.2) is 0 Å². The zero-order valence-electron chi connectivity index (χ0n) is 12.0. The highest BCUT2D eigenvalue weighted by atomic mass is 15.2. The van der Waals surface area contributed by atoms with Crippen molar-refractivity contribution in [3.63, 3.8) is 0 Å². The summed E-state index contributed by atoms with van der Waals surface area (Å²) in [4.78, 5) is 13.1. The molecule has 0 unspecified atom stereocenters. The second-order valence-electron chi connectivity index (χ2n) is 5.52. The minimum absolute atomic E-state index is 0.569. The van der Waals surface area contributed by atoms with Gasteiger partial charge in [-0.25, -0.2) is 9.97 Å². The molecular weight excluding hydrogens is 252 g/mol. The van der Waals surface area contributed by atoms with Crippen LogP contribution in [-0.4, -0.2) is 52.3 Å². The lowest BCUT2D eigenvalue weighted by molar-refractivity contribution is 0.325. The molecule has 1 aliphatic heterocycles. The van der Waals surface area contributed by atoms with E-state index in [1.165, 1.54) is 17.7 Å². The number of hydrogen-bond donors (Lipinski definition) is 1. The van der Waals surface area contributed by atoms with Crippen molar-refractivity contribution in [2.45, 2.75) is 18.9 Å². The first kappa shape index (κ1) is 13.1. The lowest BCUT2D eigenvalue weighted by Crippen LogP contribution is -2.20. The highest BCUT2D eigenvalue weighted by Crippen LogP contribution is 2.26. The van der Waals surface area contributed by atoms with Gasteiger partial charge in [-0.3, -0.25) is 10.00 Å². The van der Waals surface area contributed by atoms with E-state index in [0.717, 1.165) is 25.6 Å². The Balaban J connectivity index is 1.59. The number of aromatic amines is 1. The van der Waals surface area contributed by atoms with Crippen LogP contribution in [-0.2, 0) is 6.54 Å². The van der Waals surface area contributed by atoms with Crippen LogP contribution in [0.15, 0.2) is 24.7 Å². The molecule has 0 spiro atoms. The SMILES string of the molecule is CN(C)c1ncc(CN2CC[C@@H](c3ccn[nH]3)C2)cn1. The molecular formula is C14H20N6. The fourth-order valence-corrected chi connectivity index (χ4v) is 2.64. The maximum atomic E-state index is 4.36. The quantitative estimate of drug-likeness (QED) is 0.908. The first-order chi connectivity index (χ1) is 9.72. The van der Waals surface area contributed by atoms with Crippen molar-refractivity contribution >= 4 is 5.95 Å². The number of nitrogens with zero attached hydrogens (tertiary/aromatic N) is 5. The van der Waals surface area contributed by atoms with E-state index in [1.54, 1.807) is 0 Å². The lowest BCUT2D eigenvalue weighted by atomic mass is 10.1. The number of likely N-dealkylation sites (tertiary alicyclic amines) is 1. The Morgan fingerprint density at radius 3 is 2.80 bits per heavy atom. The van der Waals surface area contributed by atoms with Gasteiger partial charge in [-0.1, -0.05) is 0 Å². The van der Waals surface area contributed by atoms with Gasteiger partial charge in [-0.15, -0.1) is 0 Å². The molecule has 1 fully saturated rings. The predicted molar refractivity (Wildman–Crippen MR) is 77.6 cm³/mol. The highest BCUT2D eigenvalue weighted by Gasteiger charge is 2.24. The van der Waals surface area contributed by atoms with Crippen LogP contribution in [0.4, 0.5) is 5.95 Å². The Bertz CT molecular complexity index is 533. The fourth-order valence-electron chi connectivity index (χ4n) is 2.64. The monoisotopic (exact) mass is 272 g/mol. The Morgan fingerprint density at radius 1 is 1.35 bits per heavy atom. The van der Waals surface area contributed by atoms with E-state index in [-0.39, 0.29) is 0 Å². The van der Waals surface area contributed by atoms with Crippen LogP contribution in [0, 0.1) is 0 Å². The summed E-state index contributed by atoms with van der Waals surface area (Å²) in [6.07, 6.45) is 6.85. The van der Waals surface area contributed by atoms with E-state index in [4.69, 9.17) is 0 Å². The Hall–Kier alpha value is -1.95. The van der Waals surface area contributed by atoms with Gasteiger partial charge in [-0.2, -0.15) is 5.10 Å². The van der Waals surface area contributed by atoms with E-state index >= 15 is 0 Å². The maximum absolute atomic E-state index is 4.36. The highest BCUT2D eigenvalue weighted by molar-refractivity contribution is 5.26. The van der Waals surface area contributed by atoms with Crippen molar-refractivity contribution in [3.05, 3.63) is 35.9 Å². The molecule has 0 radical (unpaired) electrons. The summed E-state index contributed by atoms with van der Waals surface area (Å²) in [5.41, 5.74) is 2.41. The van der Waals surface area contributed by atoms with E-state index in [9.17, 15) is 0 Å². The molecule has 0 bridgehead atoms. The zero-order valence-corrected chi connectivity index (χ0v) is 12.0. The lowest BCUT2D eigenvalue weighted by Gasteiger charge is -2.16. The van der Waals surface area contributed by atoms with Crippen LogP contribution in [0.1, 0.15) is 23.6 Å². The first-order valence-corrected chi connectivity index (χ1v) is 6.92. The van der Waals surface area contributed by atoms with E-state index in [0.29, 0.717) is 5.92 Å². The van der Waals surface area contributed by atoms with Crippen molar-refractivity contribution in [2.24, 2.45) is 0 Å². The molecule has 1 N–H and O–H groups in total. The second kappa shape index (κ2) is 5.58. The van der Waals surface area contributed by atoms with E-state index in [1.807, 2.05) is 37.6 Å². The van der Waals surface area contributed by atoms with E-state index < -0.39 is 0 Å². The van der Waals surface area contributed by atoms with Gasteiger partial charge in [-0.05, 0) is 19.0 Å². The molecule has 1 aliphatic rings. The predicted octanol–water partition coefficient (Wildman–Crippen LogP) is 1.26. The second-order valence-corrected chi connectivity index (χ2v) is 5.52. The molecule has 0 amide bonds. The summed E-state index contributed by atoms with van der Waals surface area (Å²) < 4.78 is 0. The van der Waals surface area contributed by atoms with Crippen molar-refractivity contribution in [3.8, 4) is 0 Å². The zero-order chi connectivity index (χ0) is 13.9. The maximum Gasteiger partial charge on any atom is 0.224 e. The van der Waals surface area contributed by atoms with Crippen molar-refractivity contribution in [1.29, 1.82) is 0 Å². The Labute approximate surface area is 118 Å². The fraction of sp³-hybridized carbons (Fsp3) is 0.500. The van der Waals surface area contributed by atoms with Gasteiger partial charge >= 0.3 is 0 Å². The van der Waals surface area contributed by atoms with Crippen LogP contribution >= 0.6 is 0 Å². The van der Waals surface area contributed by atoms with Gasteiger partial charge in [0.2, 0.25) is 5.95 Å². The molecule has 6 nitrogen and oxygen atoms in total. The standard InChI is InChI=1S/C14H20N6/c1-19(2)14-15-7-11(8-16-14)9-20-6-4-12(10-20)13-3-5-17-18-13/h3,5,7-8,12H,4,6,9-10H2,1-2H3,(H,17,18)/t12-/m1/s1. The molecule has 1 saturated heterocycles. The molecule has 106 valence electrons. The third-order valence-electron chi connectivity index (χ3n) is 3.73. The van der Waals surface area contributed by atoms with Crippen LogP contribution < -0.4 is 4.90 Å². The molecule has 2 aromatic rings. The number of nitrogens with one attached hydrogen (secondary N) is 1. The molecule has 0 saturated carbocycles. The Kier molecular flexibility index (Phi) is 3.64. The summed E-state index contributed by atoms with van der Waals surface area (Å²) in [7, 11) is 3.90. The summed E-state index contributed by atoms with van der Waals surface area (Å²) in [5.74, 6) is 1.32. The average Bonchev–Trinajstić information content (AvgIpc) is 3.09. The topological polar surface area (TPSA) is 60.9 Å². The third-order valence-corrected chi connectivity index (χ3v) is 3.73. The number of hydrogen-bond acceptors (Lipinski definition) is 5. The number of rotatable bonds is 4. The molecule has 6 heteroatoms. The third kappa shape index (κ3) is 2.80. The van der Waals surface area contributed by atoms with Crippen molar-refractivity contribution < 1.29 is 0 Å². The summed E-state index contributed by atoms with van der Waals surface area (Å²) in [6, 6.07) is 2.07. The number of anilines is 1. The largest absolute Gasteiger partial charge is 0.347 e.